The van der Waals surface area contributed by atoms with Gasteiger partial charge in [-0.15, -0.1) is 0 Å². The van der Waals surface area contributed by atoms with Crippen molar-refractivity contribution in [2.45, 2.75) is 43.4 Å². The van der Waals surface area contributed by atoms with Crippen molar-refractivity contribution in [1.82, 2.24) is 14.9 Å². The van der Waals surface area contributed by atoms with Crippen LogP contribution in [0.5, 0.6) is 0 Å². The number of hydrogen-bond donors (Lipinski definition) is 2. The van der Waals surface area contributed by atoms with Crippen LogP contribution >= 0.6 is 0 Å². The second kappa shape index (κ2) is 9.14. The van der Waals surface area contributed by atoms with Crippen LogP contribution < -0.4 is 10.0 Å². The summed E-state index contributed by atoms with van der Waals surface area (Å²) in [4.78, 5) is 24.9. The fourth-order valence-electron chi connectivity index (χ4n) is 2.88. The number of nitrogens with one attached hydrogen (secondary N) is 2. The van der Waals surface area contributed by atoms with Crippen molar-refractivity contribution in [2.24, 2.45) is 0 Å². The molecule has 2 rings (SSSR count). The van der Waals surface area contributed by atoms with Gasteiger partial charge in [-0.3, -0.25) is 9.59 Å². The maximum absolute atomic E-state index is 12.4. The molecule has 1 aromatic rings. The summed E-state index contributed by atoms with van der Waals surface area (Å²) in [6.45, 7) is 0.264. The molecule has 0 spiro atoms. The molecule has 0 radical (unpaired) electrons. The SMILES string of the molecule is CN(C)C(=O)CCNC(=O)CCNS(=O)(=O)c1ccc2c(c1)CCCC2. The minimum atomic E-state index is -3.63. The van der Waals surface area contributed by atoms with Crippen LogP contribution in [0.15, 0.2) is 23.1 Å². The van der Waals surface area contributed by atoms with Crippen LogP contribution in [0.4, 0.5) is 0 Å². The Bertz CT molecular complexity index is 760. The lowest BCUT2D eigenvalue weighted by molar-refractivity contribution is -0.128. The first-order valence-electron chi connectivity index (χ1n) is 8.88. The Hall–Kier alpha value is -1.93. The Balaban J connectivity index is 1.79. The van der Waals surface area contributed by atoms with Crippen molar-refractivity contribution in [2.75, 3.05) is 27.2 Å². The fourth-order valence-corrected chi connectivity index (χ4v) is 3.96. The van der Waals surface area contributed by atoms with E-state index in [1.54, 1.807) is 26.2 Å². The third-order valence-corrected chi connectivity index (χ3v) is 5.89. The largest absolute Gasteiger partial charge is 0.356 e. The number of rotatable bonds is 8. The van der Waals surface area contributed by atoms with Gasteiger partial charge in [0.1, 0.15) is 0 Å². The van der Waals surface area contributed by atoms with Crippen molar-refractivity contribution in [3.8, 4) is 0 Å². The number of benzene rings is 1. The summed E-state index contributed by atoms with van der Waals surface area (Å²) in [6, 6.07) is 5.25. The van der Waals surface area contributed by atoms with Gasteiger partial charge in [0.05, 0.1) is 4.90 Å². The minimum Gasteiger partial charge on any atom is -0.356 e. The van der Waals surface area contributed by atoms with Crippen molar-refractivity contribution in [3.05, 3.63) is 29.3 Å². The number of carbonyl (C=O) groups is 2. The Morgan fingerprint density at radius 2 is 1.73 bits per heavy atom. The van der Waals surface area contributed by atoms with Crippen LogP contribution in [0, 0.1) is 0 Å². The van der Waals surface area contributed by atoms with Gasteiger partial charge in [0.25, 0.3) is 0 Å². The average Bonchev–Trinajstić information content (AvgIpc) is 2.61. The first-order valence-corrected chi connectivity index (χ1v) is 10.4. The summed E-state index contributed by atoms with van der Waals surface area (Å²) in [5.41, 5.74) is 2.32. The van der Waals surface area contributed by atoms with E-state index in [1.165, 1.54) is 10.5 Å². The topological polar surface area (TPSA) is 95.6 Å². The lowest BCUT2D eigenvalue weighted by Crippen LogP contribution is -2.33. The predicted molar refractivity (Wildman–Crippen MR) is 99.2 cm³/mol. The standard InChI is InChI=1S/C18H27N3O4S/c1-21(2)18(23)10-11-19-17(22)9-12-20-26(24,25)16-8-7-14-5-3-4-6-15(14)13-16/h7-8,13,20H,3-6,9-12H2,1-2H3,(H,19,22). The van der Waals surface area contributed by atoms with E-state index in [0.29, 0.717) is 0 Å². The highest BCUT2D eigenvalue weighted by molar-refractivity contribution is 7.89. The van der Waals surface area contributed by atoms with E-state index in [0.717, 1.165) is 31.2 Å². The second-order valence-electron chi connectivity index (χ2n) is 6.67. The highest BCUT2D eigenvalue weighted by atomic mass is 32.2. The van der Waals surface area contributed by atoms with Crippen molar-refractivity contribution < 1.29 is 18.0 Å². The summed E-state index contributed by atoms with van der Waals surface area (Å²) in [6.07, 6.45) is 4.39. The zero-order valence-corrected chi connectivity index (χ0v) is 16.2. The number of aryl methyl sites for hydroxylation is 2. The smallest absolute Gasteiger partial charge is 0.240 e. The molecule has 26 heavy (non-hydrogen) atoms. The van der Waals surface area contributed by atoms with Crippen molar-refractivity contribution >= 4 is 21.8 Å². The maximum Gasteiger partial charge on any atom is 0.240 e. The Morgan fingerprint density at radius 3 is 2.42 bits per heavy atom. The molecule has 0 saturated heterocycles. The van der Waals surface area contributed by atoms with E-state index in [9.17, 15) is 18.0 Å². The van der Waals surface area contributed by atoms with Crippen LogP contribution in [0.3, 0.4) is 0 Å². The van der Waals surface area contributed by atoms with Crippen molar-refractivity contribution in [3.63, 3.8) is 0 Å². The molecule has 1 aliphatic rings. The molecule has 2 N–H and O–H groups in total. The fraction of sp³-hybridized carbons (Fsp3) is 0.556. The highest BCUT2D eigenvalue weighted by Crippen LogP contribution is 2.23. The number of amides is 2. The number of hydrogen-bond acceptors (Lipinski definition) is 4. The zero-order valence-electron chi connectivity index (χ0n) is 15.4. The Labute approximate surface area is 155 Å². The van der Waals surface area contributed by atoms with E-state index in [1.807, 2.05) is 6.07 Å². The monoisotopic (exact) mass is 381 g/mol. The molecule has 0 unspecified atom stereocenters. The summed E-state index contributed by atoms with van der Waals surface area (Å²) >= 11 is 0. The summed E-state index contributed by atoms with van der Waals surface area (Å²) in [5.74, 6) is -0.358. The third-order valence-electron chi connectivity index (χ3n) is 4.43. The van der Waals surface area contributed by atoms with E-state index < -0.39 is 10.0 Å². The van der Waals surface area contributed by atoms with Gasteiger partial charge in [0.2, 0.25) is 21.8 Å². The molecule has 0 atom stereocenters. The first kappa shape index (κ1) is 20.4. The molecule has 8 heteroatoms. The van der Waals surface area contributed by atoms with Gasteiger partial charge in [-0.25, -0.2) is 13.1 Å². The van der Waals surface area contributed by atoms with E-state index in [2.05, 4.69) is 10.0 Å². The molecular weight excluding hydrogens is 354 g/mol. The van der Waals surface area contributed by atoms with Gasteiger partial charge in [0, 0.05) is 40.0 Å². The van der Waals surface area contributed by atoms with Gasteiger partial charge < -0.3 is 10.2 Å². The zero-order chi connectivity index (χ0) is 19.2. The molecule has 0 bridgehead atoms. The molecular formula is C18H27N3O4S. The Kier molecular flexibility index (Phi) is 7.16. The number of fused-ring (bicyclic) bond motifs is 1. The van der Waals surface area contributed by atoms with Gasteiger partial charge in [-0.05, 0) is 48.9 Å². The molecule has 7 nitrogen and oxygen atoms in total. The summed E-state index contributed by atoms with van der Waals surface area (Å²) in [5, 5.41) is 2.61. The third kappa shape index (κ3) is 5.81. The average molecular weight is 381 g/mol. The number of carbonyl (C=O) groups excluding carboxylic acids is 2. The number of nitrogens with zero attached hydrogens (tertiary/aromatic N) is 1. The molecule has 1 aromatic carbocycles. The minimum absolute atomic E-state index is 0.0207. The highest BCUT2D eigenvalue weighted by Gasteiger charge is 2.17. The molecule has 144 valence electrons. The normalized spacial score (nSPS) is 13.8. The lowest BCUT2D eigenvalue weighted by atomic mass is 9.92. The molecule has 1 aliphatic carbocycles. The second-order valence-corrected chi connectivity index (χ2v) is 8.44. The molecule has 2 amide bonds. The van der Waals surface area contributed by atoms with E-state index in [-0.39, 0.29) is 42.6 Å². The van der Waals surface area contributed by atoms with Gasteiger partial charge >= 0.3 is 0 Å². The molecule has 0 aliphatic heterocycles. The Morgan fingerprint density at radius 1 is 1.04 bits per heavy atom. The van der Waals surface area contributed by atoms with Crippen LogP contribution in [0.25, 0.3) is 0 Å². The van der Waals surface area contributed by atoms with E-state index >= 15 is 0 Å². The summed E-state index contributed by atoms with van der Waals surface area (Å²) in [7, 11) is -0.321. The molecule has 0 fully saturated rings. The van der Waals surface area contributed by atoms with Crippen LogP contribution in [-0.4, -0.2) is 52.3 Å². The summed E-state index contributed by atoms with van der Waals surface area (Å²) < 4.78 is 27.2. The predicted octanol–water partition coefficient (Wildman–Crippen LogP) is 0.828. The molecule has 0 heterocycles. The number of sulfonamides is 1. The molecule has 0 saturated carbocycles. The van der Waals surface area contributed by atoms with Gasteiger partial charge in [-0.1, -0.05) is 6.07 Å². The van der Waals surface area contributed by atoms with E-state index in [4.69, 9.17) is 0 Å². The lowest BCUT2D eigenvalue weighted by Gasteiger charge is -2.16. The molecule has 0 aromatic heterocycles. The maximum atomic E-state index is 12.4. The first-order chi connectivity index (χ1) is 12.3. The van der Waals surface area contributed by atoms with Crippen LogP contribution in [0.2, 0.25) is 0 Å². The van der Waals surface area contributed by atoms with Gasteiger partial charge in [0.15, 0.2) is 0 Å². The van der Waals surface area contributed by atoms with Crippen LogP contribution in [0.1, 0.15) is 36.8 Å². The van der Waals surface area contributed by atoms with Gasteiger partial charge in [-0.2, -0.15) is 0 Å². The van der Waals surface area contributed by atoms with Crippen molar-refractivity contribution in [1.29, 1.82) is 0 Å². The van der Waals surface area contributed by atoms with Crippen LogP contribution in [-0.2, 0) is 32.5 Å². The quantitative estimate of drug-likeness (QED) is 0.697.